The molecule has 2 N–H and O–H groups in total. The second-order valence-electron chi connectivity index (χ2n) is 5.61. The highest BCUT2D eigenvalue weighted by molar-refractivity contribution is 7.10. The fraction of sp³-hybridized carbons (Fsp3) is 0.167. The van der Waals surface area contributed by atoms with Crippen LogP contribution in [0.3, 0.4) is 0 Å². The largest absolute Gasteiger partial charge is 0.360 e. The van der Waals surface area contributed by atoms with Crippen molar-refractivity contribution in [3.8, 4) is 0 Å². The Labute approximate surface area is 148 Å². The molecule has 0 aliphatic carbocycles. The van der Waals surface area contributed by atoms with Crippen LogP contribution in [0.5, 0.6) is 0 Å². The number of carbonyl (C=O) groups excluding carboxylic acids is 2. The van der Waals surface area contributed by atoms with E-state index in [1.54, 1.807) is 13.0 Å². The third-order valence-corrected chi connectivity index (χ3v) is 4.49. The molecule has 3 aromatic rings. The lowest BCUT2D eigenvalue weighted by atomic mass is 10.0. The minimum absolute atomic E-state index is 0.209. The number of nitrogens with zero attached hydrogens (tertiary/aromatic N) is 1. The molecule has 2 aromatic heterocycles. The van der Waals surface area contributed by atoms with Crippen molar-refractivity contribution in [2.24, 2.45) is 0 Å². The first-order valence-electron chi connectivity index (χ1n) is 7.68. The predicted octanol–water partition coefficient (Wildman–Crippen LogP) is 3.20. The van der Waals surface area contributed by atoms with Gasteiger partial charge in [-0.25, -0.2) is 0 Å². The van der Waals surface area contributed by atoms with Gasteiger partial charge >= 0.3 is 11.8 Å². The molecule has 0 fully saturated rings. The van der Waals surface area contributed by atoms with Crippen molar-refractivity contribution in [1.82, 2.24) is 10.5 Å². The summed E-state index contributed by atoms with van der Waals surface area (Å²) in [7, 11) is 0. The van der Waals surface area contributed by atoms with E-state index in [1.807, 2.05) is 48.7 Å². The first kappa shape index (κ1) is 16.9. The molecule has 25 heavy (non-hydrogen) atoms. The lowest BCUT2D eigenvalue weighted by molar-refractivity contribution is -0.136. The molecule has 0 saturated heterocycles. The summed E-state index contributed by atoms with van der Waals surface area (Å²) in [6.45, 7) is 3.68. The van der Waals surface area contributed by atoms with E-state index < -0.39 is 17.9 Å². The number of thiophene rings is 1. The minimum atomic E-state index is -0.789. The number of nitrogens with one attached hydrogen (secondary N) is 2. The molecule has 1 unspecified atom stereocenters. The molecule has 0 saturated carbocycles. The van der Waals surface area contributed by atoms with Crippen LogP contribution >= 0.6 is 11.3 Å². The molecule has 0 aliphatic rings. The summed E-state index contributed by atoms with van der Waals surface area (Å²) in [5.41, 5.74) is 2.00. The highest BCUT2D eigenvalue weighted by Gasteiger charge is 2.23. The number of aromatic nitrogens is 1. The molecule has 0 spiro atoms. The molecule has 3 rings (SSSR count). The monoisotopic (exact) mass is 355 g/mol. The summed E-state index contributed by atoms with van der Waals surface area (Å²) in [5.74, 6) is -0.768. The summed E-state index contributed by atoms with van der Waals surface area (Å²) in [4.78, 5) is 25.4. The van der Waals surface area contributed by atoms with Crippen LogP contribution in [0, 0.1) is 13.8 Å². The van der Waals surface area contributed by atoms with Gasteiger partial charge in [-0.3, -0.25) is 14.9 Å². The minimum Gasteiger partial charge on any atom is -0.360 e. The van der Waals surface area contributed by atoms with E-state index in [-0.39, 0.29) is 5.82 Å². The number of amides is 2. The van der Waals surface area contributed by atoms with Gasteiger partial charge < -0.3 is 9.84 Å². The molecular weight excluding hydrogens is 338 g/mol. The van der Waals surface area contributed by atoms with Crippen LogP contribution in [0.1, 0.15) is 27.8 Å². The molecule has 1 aromatic carbocycles. The lowest BCUT2D eigenvalue weighted by Gasteiger charge is -2.18. The van der Waals surface area contributed by atoms with Gasteiger partial charge in [0.2, 0.25) is 0 Å². The Hall–Kier alpha value is -2.93. The van der Waals surface area contributed by atoms with Gasteiger partial charge in [-0.1, -0.05) is 41.1 Å². The van der Waals surface area contributed by atoms with Crippen LogP contribution in [-0.4, -0.2) is 17.0 Å². The van der Waals surface area contributed by atoms with Gasteiger partial charge in [0.05, 0.1) is 6.04 Å². The van der Waals surface area contributed by atoms with Gasteiger partial charge in [0, 0.05) is 10.9 Å². The average molecular weight is 355 g/mol. The summed E-state index contributed by atoms with van der Waals surface area (Å²) >= 11 is 1.52. The SMILES string of the molecule is Cc1cccc(C(NC(=O)C(=O)Nc2cc(C)on2)c2cccs2)c1. The van der Waals surface area contributed by atoms with Crippen molar-refractivity contribution < 1.29 is 14.1 Å². The van der Waals surface area contributed by atoms with E-state index in [9.17, 15) is 9.59 Å². The van der Waals surface area contributed by atoms with Crippen molar-refractivity contribution in [3.63, 3.8) is 0 Å². The van der Waals surface area contributed by atoms with Gasteiger partial charge in [-0.2, -0.15) is 0 Å². The number of anilines is 1. The maximum atomic E-state index is 12.3. The topological polar surface area (TPSA) is 84.2 Å². The fourth-order valence-electron chi connectivity index (χ4n) is 2.42. The van der Waals surface area contributed by atoms with Gasteiger partial charge in [0.1, 0.15) is 5.76 Å². The number of carbonyl (C=O) groups is 2. The summed E-state index contributed by atoms with van der Waals surface area (Å²) in [6, 6.07) is 12.8. The Morgan fingerprint density at radius 3 is 2.60 bits per heavy atom. The van der Waals surface area contributed by atoms with Crippen LogP contribution in [0.15, 0.2) is 52.4 Å². The number of aryl methyl sites for hydroxylation is 2. The van der Waals surface area contributed by atoms with Crippen LogP contribution in [0.25, 0.3) is 0 Å². The third kappa shape index (κ3) is 4.13. The van der Waals surface area contributed by atoms with E-state index in [2.05, 4.69) is 15.8 Å². The second kappa shape index (κ2) is 7.31. The van der Waals surface area contributed by atoms with E-state index in [4.69, 9.17) is 4.52 Å². The van der Waals surface area contributed by atoms with E-state index in [0.29, 0.717) is 5.76 Å². The molecule has 0 bridgehead atoms. The number of hydrogen-bond acceptors (Lipinski definition) is 5. The van der Waals surface area contributed by atoms with Gasteiger partial charge in [-0.15, -0.1) is 11.3 Å². The molecule has 1 atom stereocenters. The summed E-state index contributed by atoms with van der Waals surface area (Å²) in [6.07, 6.45) is 0. The smallest absolute Gasteiger partial charge is 0.314 e. The molecule has 2 amide bonds. The molecule has 128 valence electrons. The Kier molecular flexibility index (Phi) is 4.95. The summed E-state index contributed by atoms with van der Waals surface area (Å²) < 4.78 is 4.87. The predicted molar refractivity (Wildman–Crippen MR) is 95.4 cm³/mol. The highest BCUT2D eigenvalue weighted by atomic mass is 32.1. The molecule has 2 heterocycles. The van der Waals surface area contributed by atoms with Crippen LogP contribution < -0.4 is 10.6 Å². The molecule has 7 heteroatoms. The first-order valence-corrected chi connectivity index (χ1v) is 8.56. The van der Waals surface area contributed by atoms with Gasteiger partial charge in [0.15, 0.2) is 5.82 Å². The first-order chi connectivity index (χ1) is 12.0. The second-order valence-corrected chi connectivity index (χ2v) is 6.59. The summed E-state index contributed by atoms with van der Waals surface area (Å²) in [5, 5.41) is 10.8. The molecule has 6 nitrogen and oxygen atoms in total. The number of rotatable bonds is 4. The van der Waals surface area contributed by atoms with Crippen LogP contribution in [0.2, 0.25) is 0 Å². The number of benzene rings is 1. The molecule has 0 aliphatic heterocycles. The Bertz CT molecular complexity index is 887. The van der Waals surface area contributed by atoms with Crippen LogP contribution in [-0.2, 0) is 9.59 Å². The van der Waals surface area contributed by atoms with Crippen molar-refractivity contribution in [3.05, 3.63) is 69.6 Å². The normalized spacial score (nSPS) is 11.8. The third-order valence-electron chi connectivity index (χ3n) is 3.55. The van der Waals surface area contributed by atoms with E-state index in [1.165, 1.54) is 11.3 Å². The van der Waals surface area contributed by atoms with Crippen molar-refractivity contribution in [2.75, 3.05) is 5.32 Å². The fourth-order valence-corrected chi connectivity index (χ4v) is 3.22. The maximum Gasteiger partial charge on any atom is 0.314 e. The lowest BCUT2D eigenvalue weighted by Crippen LogP contribution is -2.38. The van der Waals surface area contributed by atoms with E-state index in [0.717, 1.165) is 16.0 Å². The highest BCUT2D eigenvalue weighted by Crippen LogP contribution is 2.26. The van der Waals surface area contributed by atoms with E-state index >= 15 is 0 Å². The Morgan fingerprint density at radius 1 is 1.12 bits per heavy atom. The van der Waals surface area contributed by atoms with Crippen molar-refractivity contribution in [2.45, 2.75) is 19.9 Å². The van der Waals surface area contributed by atoms with Crippen molar-refractivity contribution >= 4 is 29.0 Å². The number of hydrogen-bond donors (Lipinski definition) is 2. The van der Waals surface area contributed by atoms with Gasteiger partial charge in [0.25, 0.3) is 0 Å². The van der Waals surface area contributed by atoms with Crippen molar-refractivity contribution in [1.29, 1.82) is 0 Å². The zero-order chi connectivity index (χ0) is 17.8. The quantitative estimate of drug-likeness (QED) is 0.704. The Balaban J connectivity index is 1.78. The molecular formula is C18H17N3O3S. The van der Waals surface area contributed by atoms with Crippen LogP contribution in [0.4, 0.5) is 5.82 Å². The molecule has 0 radical (unpaired) electrons. The Morgan fingerprint density at radius 2 is 1.96 bits per heavy atom. The average Bonchev–Trinajstić information content (AvgIpc) is 3.24. The van der Waals surface area contributed by atoms with Gasteiger partial charge in [-0.05, 0) is 30.9 Å². The zero-order valence-corrected chi connectivity index (χ0v) is 14.6. The maximum absolute atomic E-state index is 12.3. The standard InChI is InChI=1S/C18H17N3O3S/c1-11-5-3-6-13(9-11)16(14-7-4-8-25-14)20-18(23)17(22)19-15-10-12(2)24-21-15/h3-10,16H,1-2H3,(H,20,23)(H,19,21,22). The zero-order valence-electron chi connectivity index (χ0n) is 13.8.